The van der Waals surface area contributed by atoms with Gasteiger partial charge in [-0.3, -0.25) is 4.98 Å². The number of anilines is 2. The summed E-state index contributed by atoms with van der Waals surface area (Å²) in [5.74, 6) is 0.174. The fourth-order valence-electron chi connectivity index (χ4n) is 5.90. The van der Waals surface area contributed by atoms with E-state index in [2.05, 4.69) is 19.8 Å². The smallest absolute Gasteiger partial charge is 0.388 e. The van der Waals surface area contributed by atoms with Gasteiger partial charge >= 0.3 is 6.18 Å². The second-order valence-corrected chi connectivity index (χ2v) is 10.2. The predicted molar refractivity (Wildman–Crippen MR) is 111 cm³/mol. The SMILES string of the molecule is OC(c1cnccc1N1CC2(COC2)C1)C1CC2(C1)CN(c1ccc(C(F)(F)F)nc1)C2. The first-order chi connectivity index (χ1) is 15.3. The van der Waals surface area contributed by atoms with Crippen molar-refractivity contribution in [3.8, 4) is 0 Å². The van der Waals surface area contributed by atoms with E-state index >= 15 is 0 Å². The predicted octanol–water partition coefficient (Wildman–Crippen LogP) is 3.28. The normalized spacial score (nSPS) is 24.5. The van der Waals surface area contributed by atoms with Crippen molar-refractivity contribution in [1.29, 1.82) is 0 Å². The highest BCUT2D eigenvalue weighted by atomic mass is 19.4. The molecule has 1 unspecified atom stereocenters. The van der Waals surface area contributed by atoms with E-state index in [9.17, 15) is 18.3 Å². The van der Waals surface area contributed by atoms with Crippen LogP contribution in [0.1, 0.15) is 30.2 Å². The van der Waals surface area contributed by atoms with Crippen LogP contribution in [-0.4, -0.2) is 54.5 Å². The van der Waals surface area contributed by atoms with Crippen molar-refractivity contribution in [2.45, 2.75) is 25.1 Å². The Hall–Kier alpha value is -2.39. The molecular formula is C23H25F3N4O2. The van der Waals surface area contributed by atoms with Gasteiger partial charge < -0.3 is 19.6 Å². The van der Waals surface area contributed by atoms with E-state index in [1.807, 2.05) is 6.07 Å². The largest absolute Gasteiger partial charge is 0.433 e. The third-order valence-electron chi connectivity index (χ3n) is 7.65. The van der Waals surface area contributed by atoms with Crippen LogP contribution < -0.4 is 9.80 Å². The van der Waals surface area contributed by atoms with Gasteiger partial charge in [-0.15, -0.1) is 0 Å². The van der Waals surface area contributed by atoms with Crippen LogP contribution in [0.5, 0.6) is 0 Å². The van der Waals surface area contributed by atoms with Crippen molar-refractivity contribution in [1.82, 2.24) is 9.97 Å². The van der Waals surface area contributed by atoms with Gasteiger partial charge in [-0.1, -0.05) is 0 Å². The number of alkyl halides is 3. The van der Waals surface area contributed by atoms with E-state index in [4.69, 9.17) is 4.74 Å². The zero-order valence-corrected chi connectivity index (χ0v) is 17.6. The molecule has 170 valence electrons. The number of nitrogens with zero attached hydrogens (tertiary/aromatic N) is 4. The van der Waals surface area contributed by atoms with Gasteiger partial charge in [0, 0.05) is 55.2 Å². The van der Waals surface area contributed by atoms with Crippen molar-refractivity contribution < 1.29 is 23.0 Å². The molecule has 4 aliphatic rings. The number of rotatable bonds is 4. The number of hydrogen-bond donors (Lipinski definition) is 1. The van der Waals surface area contributed by atoms with Gasteiger partial charge in [-0.2, -0.15) is 13.2 Å². The van der Waals surface area contributed by atoms with E-state index in [1.54, 1.807) is 12.4 Å². The fourth-order valence-corrected chi connectivity index (χ4v) is 5.90. The number of pyridine rings is 2. The highest BCUT2D eigenvalue weighted by molar-refractivity contribution is 5.57. The van der Waals surface area contributed by atoms with Crippen molar-refractivity contribution in [2.24, 2.45) is 16.7 Å². The summed E-state index contributed by atoms with van der Waals surface area (Å²) in [6.45, 7) is 5.14. The van der Waals surface area contributed by atoms with Crippen molar-refractivity contribution in [3.63, 3.8) is 0 Å². The lowest BCUT2D eigenvalue weighted by Gasteiger charge is -2.61. The molecule has 32 heavy (non-hydrogen) atoms. The Morgan fingerprint density at radius 2 is 1.72 bits per heavy atom. The first-order valence-corrected chi connectivity index (χ1v) is 11.0. The van der Waals surface area contributed by atoms with Crippen molar-refractivity contribution in [3.05, 3.63) is 48.0 Å². The molecule has 3 aliphatic heterocycles. The molecule has 4 fully saturated rings. The van der Waals surface area contributed by atoms with E-state index in [1.165, 1.54) is 12.3 Å². The Morgan fingerprint density at radius 3 is 2.31 bits per heavy atom. The van der Waals surface area contributed by atoms with Gasteiger partial charge in [0.2, 0.25) is 0 Å². The van der Waals surface area contributed by atoms with Crippen LogP contribution in [0.4, 0.5) is 24.5 Å². The minimum Gasteiger partial charge on any atom is -0.388 e. The average Bonchev–Trinajstić information content (AvgIpc) is 2.63. The summed E-state index contributed by atoms with van der Waals surface area (Å²) >= 11 is 0. The van der Waals surface area contributed by atoms with E-state index in [-0.39, 0.29) is 11.3 Å². The van der Waals surface area contributed by atoms with Crippen LogP contribution in [0, 0.1) is 16.7 Å². The number of aromatic nitrogens is 2. The summed E-state index contributed by atoms with van der Waals surface area (Å²) in [6.07, 6.45) is 1.71. The molecular weight excluding hydrogens is 421 g/mol. The second-order valence-electron chi connectivity index (χ2n) is 10.2. The molecule has 0 aromatic carbocycles. The van der Waals surface area contributed by atoms with E-state index in [0.717, 1.165) is 69.6 Å². The first-order valence-electron chi connectivity index (χ1n) is 11.0. The molecule has 1 aliphatic carbocycles. The highest BCUT2D eigenvalue weighted by Crippen LogP contribution is 2.57. The molecule has 0 amide bonds. The Kier molecular flexibility index (Phi) is 4.30. The van der Waals surface area contributed by atoms with Gasteiger partial charge in [-0.05, 0) is 37.0 Å². The van der Waals surface area contributed by atoms with Gasteiger partial charge in [0.15, 0.2) is 0 Å². The van der Waals surface area contributed by atoms with Gasteiger partial charge in [0.25, 0.3) is 0 Å². The van der Waals surface area contributed by atoms with Gasteiger partial charge in [0.05, 0.1) is 36.6 Å². The lowest BCUT2D eigenvalue weighted by molar-refractivity contribution is -0.141. The van der Waals surface area contributed by atoms with Crippen LogP contribution in [0.15, 0.2) is 36.8 Å². The standard InChI is InChI=1S/C23H25F3N4O2/c24-23(25,26)19-2-1-16(7-28-19)29-9-21(10-29)5-15(6-21)20(31)17-8-27-4-3-18(17)30-11-22(12-30)13-32-14-22/h1-4,7-8,15,20,31H,5-6,9-14H2. The fraction of sp³-hybridized carbons (Fsp3) is 0.565. The molecule has 0 radical (unpaired) electrons. The summed E-state index contributed by atoms with van der Waals surface area (Å²) in [5, 5.41) is 11.1. The minimum absolute atomic E-state index is 0.140. The van der Waals surface area contributed by atoms with E-state index < -0.39 is 18.0 Å². The third kappa shape index (κ3) is 3.16. The zero-order valence-electron chi connectivity index (χ0n) is 17.6. The lowest BCUT2D eigenvalue weighted by atomic mass is 9.55. The van der Waals surface area contributed by atoms with Crippen LogP contribution in [0.2, 0.25) is 0 Å². The number of hydrogen-bond acceptors (Lipinski definition) is 6. The number of ether oxygens (including phenoxy) is 1. The number of aliphatic hydroxyl groups excluding tert-OH is 1. The molecule has 2 aromatic rings. The molecule has 3 saturated heterocycles. The maximum absolute atomic E-state index is 12.7. The molecule has 1 saturated carbocycles. The summed E-state index contributed by atoms with van der Waals surface area (Å²) in [4.78, 5) is 12.2. The quantitative estimate of drug-likeness (QED) is 0.778. The van der Waals surface area contributed by atoms with Crippen LogP contribution in [0.3, 0.4) is 0 Å². The Labute approximate surface area is 184 Å². The Bertz CT molecular complexity index is 1000. The highest BCUT2D eigenvalue weighted by Gasteiger charge is 2.55. The first kappa shape index (κ1) is 20.2. The van der Waals surface area contributed by atoms with Gasteiger partial charge in [-0.25, -0.2) is 4.98 Å². The topological polar surface area (TPSA) is 61.7 Å². The summed E-state index contributed by atoms with van der Waals surface area (Å²) < 4.78 is 43.5. The van der Waals surface area contributed by atoms with Crippen LogP contribution in [0.25, 0.3) is 0 Å². The third-order valence-corrected chi connectivity index (χ3v) is 7.65. The molecule has 9 heteroatoms. The monoisotopic (exact) mass is 446 g/mol. The molecule has 2 aromatic heterocycles. The molecule has 0 bridgehead atoms. The Morgan fingerprint density at radius 1 is 1.00 bits per heavy atom. The summed E-state index contributed by atoms with van der Waals surface area (Å²) in [6, 6.07) is 4.51. The molecule has 2 spiro atoms. The molecule has 1 N–H and O–H groups in total. The number of halogens is 3. The summed E-state index contributed by atoms with van der Waals surface area (Å²) in [7, 11) is 0. The molecule has 6 rings (SSSR count). The maximum Gasteiger partial charge on any atom is 0.433 e. The van der Waals surface area contributed by atoms with Gasteiger partial charge in [0.1, 0.15) is 5.69 Å². The molecule has 1 atom stereocenters. The van der Waals surface area contributed by atoms with Crippen molar-refractivity contribution in [2.75, 3.05) is 49.2 Å². The second kappa shape index (κ2) is 6.81. The maximum atomic E-state index is 12.7. The van der Waals surface area contributed by atoms with Crippen LogP contribution in [-0.2, 0) is 10.9 Å². The van der Waals surface area contributed by atoms with Crippen molar-refractivity contribution >= 4 is 11.4 Å². The van der Waals surface area contributed by atoms with E-state index in [0.29, 0.717) is 11.1 Å². The van der Waals surface area contributed by atoms with Crippen LogP contribution >= 0.6 is 0 Å². The Balaban J connectivity index is 1.06. The average molecular weight is 446 g/mol. The summed E-state index contributed by atoms with van der Waals surface area (Å²) in [5.41, 5.74) is 2.25. The number of aliphatic hydroxyl groups is 1. The minimum atomic E-state index is -4.42. The zero-order chi connectivity index (χ0) is 22.1. The lowest BCUT2D eigenvalue weighted by Crippen LogP contribution is -2.66. The molecule has 5 heterocycles. The molecule has 6 nitrogen and oxygen atoms in total.